The number of carbonyl (C=O) groups is 4. The Hall–Kier alpha value is -1.23. The number of carboxylic acids is 2. The van der Waals surface area contributed by atoms with Gasteiger partial charge in [-0.15, -0.1) is 0 Å². The molecule has 1 amide bonds. The van der Waals surface area contributed by atoms with E-state index in [1.54, 1.807) is 14.2 Å². The van der Waals surface area contributed by atoms with E-state index in [9.17, 15) is 9.59 Å². The third-order valence-corrected chi connectivity index (χ3v) is 7.29. The van der Waals surface area contributed by atoms with Crippen molar-refractivity contribution in [3.63, 3.8) is 0 Å². The Morgan fingerprint density at radius 2 is 1.44 bits per heavy atom. The number of carboxylic acid groups (broad SMARTS) is 2. The van der Waals surface area contributed by atoms with E-state index in [-0.39, 0.29) is 44.2 Å². The van der Waals surface area contributed by atoms with Gasteiger partial charge in [0.2, 0.25) is 0 Å². The van der Waals surface area contributed by atoms with Crippen LogP contribution in [-0.4, -0.2) is 48.1 Å². The number of carbonyl (C=O) groups excluding carboxylic acids is 2. The van der Waals surface area contributed by atoms with E-state index in [4.69, 9.17) is 29.3 Å². The predicted octanol–water partition coefficient (Wildman–Crippen LogP) is 0.147. The first-order valence-corrected chi connectivity index (χ1v) is 13.0. The van der Waals surface area contributed by atoms with E-state index in [0.717, 1.165) is 25.7 Å². The Bertz CT molecular complexity index is 671. The van der Waals surface area contributed by atoms with Crippen molar-refractivity contribution in [2.75, 3.05) is 19.5 Å². The van der Waals surface area contributed by atoms with Crippen LogP contribution in [0.25, 0.3) is 0 Å². The van der Waals surface area contributed by atoms with Crippen LogP contribution in [0.3, 0.4) is 0 Å². The molecule has 142 valence electrons. The van der Waals surface area contributed by atoms with Crippen LogP contribution in [0, 0.1) is 0 Å². The molecule has 0 saturated heterocycles. The summed E-state index contributed by atoms with van der Waals surface area (Å²) >= 11 is 0.596. The number of hydrogen-bond donors (Lipinski definition) is 3. The quantitative estimate of drug-likeness (QED) is 0.286. The zero-order chi connectivity index (χ0) is 21.7. The SMILES string of the molecule is CC(=O)O.CC(=O)O.COc1c[c]([Hg])c(OC)c(NC(=O)CC(C)=O)[c]1[Hg]. The van der Waals surface area contributed by atoms with Gasteiger partial charge in [-0.2, -0.15) is 0 Å². The Balaban J connectivity index is 0. The van der Waals surface area contributed by atoms with E-state index in [2.05, 4.69) is 5.32 Å². The van der Waals surface area contributed by atoms with E-state index < -0.39 is 11.9 Å². The third kappa shape index (κ3) is 13.6. The van der Waals surface area contributed by atoms with Crippen LogP contribution >= 0.6 is 0 Å². The summed E-state index contributed by atoms with van der Waals surface area (Å²) in [5, 5.41) is 17.6. The number of rotatable bonds is 5. The van der Waals surface area contributed by atoms with Crippen molar-refractivity contribution < 1.29 is 91.1 Å². The Morgan fingerprint density at radius 1 is 1.00 bits per heavy atom. The average molecular weight is 757 g/mol. The van der Waals surface area contributed by atoms with Crippen LogP contribution in [0.4, 0.5) is 5.69 Å². The minimum absolute atomic E-state index is 0.116. The molecular weight excluding hydrogens is 735 g/mol. The summed E-state index contributed by atoms with van der Waals surface area (Å²) in [6, 6.07) is 1.98. The molecule has 0 bridgehead atoms. The Morgan fingerprint density at radius 3 is 1.78 bits per heavy atom. The van der Waals surface area contributed by atoms with Crippen LogP contribution < -0.4 is 20.9 Å². The van der Waals surface area contributed by atoms with Gasteiger partial charge in [0.1, 0.15) is 0 Å². The summed E-state index contributed by atoms with van der Waals surface area (Å²) in [4.78, 5) is 40.7. The summed E-state index contributed by atoms with van der Waals surface area (Å²) in [5.41, 5.74) is 0.682. The molecule has 1 aromatic carbocycles. The number of Topliss-reactive ketones (excluding diaryl/α,β-unsaturated/α-hetero) is 1. The average Bonchev–Trinajstić information content (AvgIpc) is 2.48. The number of ether oxygens (including phenoxy) is 2. The zero-order valence-corrected chi connectivity index (χ0v) is 27.0. The first-order valence-electron chi connectivity index (χ1n) is 7.48. The van der Waals surface area contributed by atoms with Gasteiger partial charge in [0.15, 0.2) is 0 Å². The van der Waals surface area contributed by atoms with E-state index >= 15 is 0 Å². The van der Waals surface area contributed by atoms with Crippen molar-refractivity contribution in [1.29, 1.82) is 0 Å². The molecule has 27 heavy (non-hydrogen) atoms. The maximum absolute atomic E-state index is 11.8. The number of aliphatic carboxylic acids is 2. The van der Waals surface area contributed by atoms with Crippen LogP contribution in [0.1, 0.15) is 27.2 Å². The number of ketones is 1. The molecule has 0 radical (unpaired) electrons. The normalized spacial score (nSPS) is 8.93. The van der Waals surface area contributed by atoms with Crippen LogP contribution in [0.2, 0.25) is 0 Å². The molecule has 11 heteroatoms. The molecule has 0 spiro atoms. The first-order chi connectivity index (χ1) is 12.4. The molecule has 0 aliphatic carbocycles. The van der Waals surface area contributed by atoms with Gasteiger partial charge in [0.25, 0.3) is 11.9 Å². The number of amides is 1. The number of methoxy groups -OCH3 is 2. The molecule has 3 N–H and O–H groups in total. The van der Waals surface area contributed by atoms with Gasteiger partial charge >= 0.3 is 145 Å². The van der Waals surface area contributed by atoms with Gasteiger partial charge in [0, 0.05) is 13.8 Å². The fourth-order valence-corrected chi connectivity index (χ4v) is 5.58. The molecule has 1 rings (SSSR count). The van der Waals surface area contributed by atoms with Crippen molar-refractivity contribution in [3.05, 3.63) is 6.07 Å². The number of benzene rings is 1. The van der Waals surface area contributed by atoms with Gasteiger partial charge in [-0.1, -0.05) is 0 Å². The maximum atomic E-state index is 11.8. The van der Waals surface area contributed by atoms with Crippen molar-refractivity contribution in [2.24, 2.45) is 0 Å². The number of nitrogens with one attached hydrogen (secondary N) is 1. The number of anilines is 1. The van der Waals surface area contributed by atoms with E-state index in [0.29, 0.717) is 37.6 Å². The van der Waals surface area contributed by atoms with Crippen molar-refractivity contribution in [2.45, 2.75) is 27.2 Å². The molecule has 0 aliphatic heterocycles. The predicted molar refractivity (Wildman–Crippen MR) is 89.4 cm³/mol. The molecule has 0 atom stereocenters. The summed E-state index contributed by atoms with van der Waals surface area (Å²) < 4.78 is 12.8. The molecule has 0 saturated carbocycles. The Kier molecular flexibility index (Phi) is 15.3. The molecule has 1 aromatic rings. The van der Waals surface area contributed by atoms with Gasteiger partial charge in [-0.25, -0.2) is 0 Å². The summed E-state index contributed by atoms with van der Waals surface area (Å²) in [5.74, 6) is -0.620. The molecule has 0 heterocycles. The standard InChI is InChI=1S/C12H13NO4.2C2H4O2.2Hg/c1-8(14)6-12(15)13-10-7-9(16-2)4-5-11(10)17-3;2*1-2(3)4;;/h4H,6H2,1-3H3,(H,13,15);2*1H3,(H,3,4);;. The second kappa shape index (κ2) is 14.8. The van der Waals surface area contributed by atoms with Gasteiger partial charge in [-0.05, 0) is 0 Å². The second-order valence-corrected chi connectivity index (χ2v) is 10.8. The fourth-order valence-electron chi connectivity index (χ4n) is 1.69. The fraction of sp³-hybridized carbons (Fsp3) is 0.375. The molecule has 0 aromatic heterocycles. The summed E-state index contributed by atoms with van der Waals surface area (Å²) in [6.07, 6.45) is -0.116. The van der Waals surface area contributed by atoms with Crippen LogP contribution in [0.15, 0.2) is 6.07 Å². The molecule has 0 fully saturated rings. The monoisotopic (exact) mass is 759 g/mol. The topological polar surface area (TPSA) is 139 Å². The second-order valence-electron chi connectivity index (χ2n) is 5.09. The number of hydrogen-bond acceptors (Lipinski definition) is 6. The van der Waals surface area contributed by atoms with Crippen LogP contribution in [-0.2, 0) is 71.4 Å². The van der Waals surface area contributed by atoms with Crippen molar-refractivity contribution in [1.82, 2.24) is 0 Å². The molecule has 9 nitrogen and oxygen atoms in total. The molecule has 0 unspecified atom stereocenters. The molecule has 0 aliphatic rings. The first kappa shape index (κ1) is 28.0. The van der Waals surface area contributed by atoms with Gasteiger partial charge in [-0.3, -0.25) is 9.59 Å². The van der Waals surface area contributed by atoms with Crippen molar-refractivity contribution in [3.8, 4) is 11.5 Å². The minimum atomic E-state index is -0.833. The van der Waals surface area contributed by atoms with Gasteiger partial charge in [0.05, 0.1) is 0 Å². The molecular formula is C16H21Hg2NO8. The van der Waals surface area contributed by atoms with E-state index in [1.165, 1.54) is 6.92 Å². The zero-order valence-electron chi connectivity index (χ0n) is 16.0. The van der Waals surface area contributed by atoms with Gasteiger partial charge < -0.3 is 10.2 Å². The summed E-state index contributed by atoms with van der Waals surface area (Å²) in [7, 11) is 3.21. The van der Waals surface area contributed by atoms with Crippen molar-refractivity contribution >= 4 is 35.5 Å². The Labute approximate surface area is 189 Å². The third-order valence-electron chi connectivity index (χ3n) is 2.52. The summed E-state index contributed by atoms with van der Waals surface area (Å²) in [6.45, 7) is 3.56. The van der Waals surface area contributed by atoms with Crippen LogP contribution in [0.5, 0.6) is 11.5 Å². The van der Waals surface area contributed by atoms with E-state index in [1.807, 2.05) is 6.07 Å².